The van der Waals surface area contributed by atoms with E-state index in [4.69, 9.17) is 14.0 Å². The average molecular weight is 443 g/mol. The fraction of sp³-hybridized carbons (Fsp3) is 0.720. The molecule has 2 bridgehead atoms. The van der Waals surface area contributed by atoms with E-state index in [1.807, 2.05) is 0 Å². The van der Waals surface area contributed by atoms with Crippen molar-refractivity contribution in [3.63, 3.8) is 0 Å². The molecular weight excluding hydrogens is 408 g/mol. The minimum absolute atomic E-state index is 0.0197. The van der Waals surface area contributed by atoms with Crippen LogP contribution in [0.5, 0.6) is 0 Å². The number of ether oxygens (including phenoxy) is 1. The van der Waals surface area contributed by atoms with Crippen molar-refractivity contribution in [1.82, 2.24) is 5.32 Å². The van der Waals surface area contributed by atoms with Crippen molar-refractivity contribution in [3.8, 4) is 0 Å². The van der Waals surface area contributed by atoms with Gasteiger partial charge in [-0.3, -0.25) is 0 Å². The number of halogens is 1. The van der Waals surface area contributed by atoms with Gasteiger partial charge in [-0.15, -0.1) is 0 Å². The van der Waals surface area contributed by atoms with Gasteiger partial charge in [0.05, 0.1) is 17.6 Å². The molecule has 0 aromatic heterocycles. The summed E-state index contributed by atoms with van der Waals surface area (Å²) in [6.07, 6.45) is 7.51. The van der Waals surface area contributed by atoms with E-state index in [1.54, 1.807) is 12.1 Å². The molecule has 174 valence electrons. The van der Waals surface area contributed by atoms with Gasteiger partial charge in [-0.1, -0.05) is 32.4 Å². The van der Waals surface area contributed by atoms with Crippen LogP contribution in [0.3, 0.4) is 0 Å². The number of hydrogen-bond acceptors (Lipinski definition) is 4. The average Bonchev–Trinajstić information content (AvgIpc) is 3.12. The van der Waals surface area contributed by atoms with Crippen LogP contribution in [-0.2, 0) is 20.5 Å². The molecule has 5 aliphatic rings. The molecule has 32 heavy (non-hydrogen) atoms. The van der Waals surface area contributed by atoms with E-state index in [0.717, 1.165) is 37.7 Å². The van der Waals surface area contributed by atoms with Crippen molar-refractivity contribution in [2.75, 3.05) is 0 Å². The van der Waals surface area contributed by atoms with E-state index in [1.165, 1.54) is 25.0 Å². The Morgan fingerprint density at radius 3 is 2.59 bits per heavy atom. The number of alkyl carbamates (subject to hydrolysis) is 1. The van der Waals surface area contributed by atoms with Gasteiger partial charge in [-0.05, 0) is 86.8 Å². The van der Waals surface area contributed by atoms with Gasteiger partial charge in [0, 0.05) is 0 Å². The van der Waals surface area contributed by atoms with Crippen LogP contribution in [0.15, 0.2) is 24.3 Å². The molecule has 4 aliphatic carbocycles. The molecule has 0 unspecified atom stereocenters. The van der Waals surface area contributed by atoms with Crippen molar-refractivity contribution in [2.45, 2.75) is 95.9 Å². The predicted octanol–water partition coefficient (Wildman–Crippen LogP) is 5.06. The SMILES string of the molecule is CC1(C)[C@@H]2C[C@H]3OB([C@H](Cc4ccc(F)cc4)NC(=O)OC4CCCCC4)O[C@@]3(C)[C@H]1C2. The largest absolute Gasteiger partial charge is 0.482 e. The lowest BCUT2D eigenvalue weighted by Gasteiger charge is -2.64. The normalized spacial score (nSPS) is 34.4. The van der Waals surface area contributed by atoms with Gasteiger partial charge in [-0.25, -0.2) is 9.18 Å². The molecule has 1 aliphatic heterocycles. The van der Waals surface area contributed by atoms with Crippen molar-refractivity contribution in [1.29, 1.82) is 0 Å². The minimum atomic E-state index is -0.552. The Balaban J connectivity index is 1.31. The molecule has 5 nitrogen and oxygen atoms in total. The van der Waals surface area contributed by atoms with Crippen LogP contribution in [0.4, 0.5) is 9.18 Å². The summed E-state index contributed by atoms with van der Waals surface area (Å²) >= 11 is 0. The Kier molecular flexibility index (Phi) is 5.77. The monoisotopic (exact) mass is 443 g/mol. The number of hydrogen-bond donors (Lipinski definition) is 1. The van der Waals surface area contributed by atoms with E-state index in [0.29, 0.717) is 18.3 Å². The molecule has 0 spiro atoms. The molecule has 0 radical (unpaired) electrons. The molecule has 5 fully saturated rings. The summed E-state index contributed by atoms with van der Waals surface area (Å²) in [4.78, 5) is 12.8. The molecule has 1 aromatic carbocycles. The smallest absolute Gasteiger partial charge is 0.446 e. The van der Waals surface area contributed by atoms with Crippen molar-refractivity contribution in [2.24, 2.45) is 17.3 Å². The fourth-order valence-corrected chi connectivity index (χ4v) is 6.68. The van der Waals surface area contributed by atoms with Gasteiger partial charge in [-0.2, -0.15) is 0 Å². The van der Waals surface area contributed by atoms with Crippen LogP contribution < -0.4 is 5.32 Å². The lowest BCUT2D eigenvalue weighted by Crippen LogP contribution is -2.65. The number of carbonyl (C=O) groups is 1. The second-order valence-corrected chi connectivity index (χ2v) is 11.1. The van der Waals surface area contributed by atoms with Crippen molar-refractivity contribution < 1.29 is 23.2 Å². The summed E-state index contributed by atoms with van der Waals surface area (Å²) in [7, 11) is -0.552. The molecule has 6 rings (SSSR count). The van der Waals surface area contributed by atoms with E-state index in [-0.39, 0.29) is 29.0 Å². The fourth-order valence-electron chi connectivity index (χ4n) is 6.68. The van der Waals surface area contributed by atoms with Crippen LogP contribution in [-0.4, -0.2) is 37.0 Å². The van der Waals surface area contributed by atoms with Gasteiger partial charge in [0.15, 0.2) is 0 Å². The first-order chi connectivity index (χ1) is 15.3. The van der Waals surface area contributed by atoms with E-state index in [9.17, 15) is 9.18 Å². The predicted molar refractivity (Wildman–Crippen MR) is 120 cm³/mol. The van der Waals surface area contributed by atoms with E-state index >= 15 is 0 Å². The number of rotatable bonds is 5. The van der Waals surface area contributed by atoms with Crippen LogP contribution >= 0.6 is 0 Å². The molecule has 7 heteroatoms. The second-order valence-electron chi connectivity index (χ2n) is 11.1. The number of benzene rings is 1. The summed E-state index contributed by atoms with van der Waals surface area (Å²) in [6.45, 7) is 6.84. The third kappa shape index (κ3) is 3.96. The first kappa shape index (κ1) is 22.2. The van der Waals surface area contributed by atoms with Gasteiger partial charge in [0.2, 0.25) is 0 Å². The molecular formula is C25H35BFNO4. The van der Waals surface area contributed by atoms with Crippen molar-refractivity contribution >= 4 is 13.2 Å². The standard InChI is InChI=1S/C25H35BFNO4/c1-24(2)17-14-20(24)25(3)21(15-17)31-26(32-25)22(13-16-9-11-18(27)12-10-16)28-23(29)30-19-7-5-4-6-8-19/h9-12,17,19-22H,4-8,13-15H2,1-3H3,(H,28,29)/t17-,20-,21+,22-,25-/m0/s1. The maximum absolute atomic E-state index is 13.4. The quantitative estimate of drug-likeness (QED) is 0.647. The molecule has 1 heterocycles. The highest BCUT2D eigenvalue weighted by atomic mass is 19.1. The molecule has 1 amide bonds. The summed E-state index contributed by atoms with van der Waals surface area (Å²) in [5, 5.41) is 3.04. The Morgan fingerprint density at radius 1 is 1.19 bits per heavy atom. The van der Waals surface area contributed by atoms with E-state index < -0.39 is 19.2 Å². The highest BCUT2D eigenvalue weighted by Crippen LogP contribution is 2.65. The van der Waals surface area contributed by atoms with E-state index in [2.05, 4.69) is 26.1 Å². The van der Waals surface area contributed by atoms with Gasteiger partial charge in [0.25, 0.3) is 0 Å². The third-order valence-electron chi connectivity index (χ3n) is 8.80. The number of amides is 1. The molecule has 1 N–H and O–H groups in total. The number of nitrogens with one attached hydrogen (secondary N) is 1. The zero-order chi connectivity index (χ0) is 22.5. The lowest BCUT2D eigenvalue weighted by atomic mass is 9.43. The molecule has 4 saturated carbocycles. The lowest BCUT2D eigenvalue weighted by molar-refractivity contribution is -0.199. The zero-order valence-corrected chi connectivity index (χ0v) is 19.4. The summed E-state index contributed by atoms with van der Waals surface area (Å²) in [5.41, 5.74) is 0.827. The van der Waals surface area contributed by atoms with Crippen LogP contribution in [0.1, 0.15) is 71.3 Å². The van der Waals surface area contributed by atoms with Crippen LogP contribution in [0.25, 0.3) is 0 Å². The summed E-state index contributed by atoms with van der Waals surface area (Å²) in [5.74, 6) is 0.431. The second kappa shape index (κ2) is 8.32. The van der Waals surface area contributed by atoms with Gasteiger partial charge >= 0.3 is 13.2 Å². The Bertz CT molecular complexity index is 843. The highest BCUT2D eigenvalue weighted by Gasteiger charge is 2.68. The zero-order valence-electron chi connectivity index (χ0n) is 19.4. The van der Waals surface area contributed by atoms with Crippen molar-refractivity contribution in [3.05, 3.63) is 35.6 Å². The Hall–Kier alpha value is -1.60. The third-order valence-corrected chi connectivity index (χ3v) is 8.80. The molecule has 5 atom stereocenters. The maximum atomic E-state index is 13.4. The summed E-state index contributed by atoms with van der Waals surface area (Å²) in [6, 6.07) is 6.39. The first-order valence-electron chi connectivity index (χ1n) is 12.3. The molecule has 1 aromatic rings. The first-order valence-corrected chi connectivity index (χ1v) is 12.3. The topological polar surface area (TPSA) is 56.8 Å². The maximum Gasteiger partial charge on any atom is 0.482 e. The van der Waals surface area contributed by atoms with Gasteiger partial charge < -0.3 is 19.4 Å². The molecule has 1 saturated heterocycles. The Morgan fingerprint density at radius 2 is 1.91 bits per heavy atom. The number of carbonyl (C=O) groups excluding carboxylic acids is 1. The highest BCUT2D eigenvalue weighted by molar-refractivity contribution is 6.47. The minimum Gasteiger partial charge on any atom is -0.446 e. The Labute approximate surface area is 190 Å². The van der Waals surface area contributed by atoms with Crippen LogP contribution in [0.2, 0.25) is 0 Å². The summed E-state index contributed by atoms with van der Waals surface area (Å²) < 4.78 is 32.2. The van der Waals surface area contributed by atoms with Gasteiger partial charge in [0.1, 0.15) is 11.9 Å². The van der Waals surface area contributed by atoms with Crippen LogP contribution in [0, 0.1) is 23.1 Å².